The molecule has 0 unspecified atom stereocenters. The van der Waals surface area contributed by atoms with E-state index in [9.17, 15) is 31.1 Å². The summed E-state index contributed by atoms with van der Waals surface area (Å²) in [6.07, 6.45) is -8.01. The number of amides is 1. The van der Waals surface area contributed by atoms with Crippen LogP contribution in [-0.4, -0.2) is 23.7 Å². The third-order valence-corrected chi connectivity index (χ3v) is 2.85. The largest absolute Gasteiger partial charge is 0.468 e. The Morgan fingerprint density at radius 2 is 1.64 bits per heavy atom. The van der Waals surface area contributed by atoms with Crippen molar-refractivity contribution in [3.05, 3.63) is 53.7 Å². The highest BCUT2D eigenvalue weighted by atomic mass is 19.4. The Hall–Kier alpha value is -2.78. The maximum absolute atomic E-state index is 12.4. The van der Waals surface area contributed by atoms with Crippen molar-refractivity contribution in [2.75, 3.05) is 11.9 Å². The van der Waals surface area contributed by atoms with E-state index >= 15 is 0 Å². The van der Waals surface area contributed by atoms with Gasteiger partial charge < -0.3 is 10.1 Å². The van der Waals surface area contributed by atoms with Crippen LogP contribution in [-0.2, 0) is 6.18 Å². The Kier molecular flexibility index (Phi) is 5.19. The van der Waals surface area contributed by atoms with Crippen molar-refractivity contribution in [3.8, 4) is 5.88 Å². The summed E-state index contributed by atoms with van der Waals surface area (Å²) in [5.74, 6) is -1.00. The lowest BCUT2D eigenvalue weighted by Gasteiger charge is -2.10. The Bertz CT molecular complexity index is 724. The van der Waals surface area contributed by atoms with Gasteiger partial charge in [0, 0.05) is 18.0 Å². The molecule has 1 aromatic carbocycles. The summed E-state index contributed by atoms with van der Waals surface area (Å²) in [6.45, 7) is -1.52. The van der Waals surface area contributed by atoms with Crippen LogP contribution in [0.25, 0.3) is 0 Å². The van der Waals surface area contributed by atoms with Crippen LogP contribution in [0.2, 0.25) is 0 Å². The zero-order valence-electron chi connectivity index (χ0n) is 12.3. The van der Waals surface area contributed by atoms with E-state index in [1.165, 1.54) is 6.07 Å². The van der Waals surface area contributed by atoms with Crippen LogP contribution >= 0.6 is 0 Å². The molecule has 0 aliphatic heterocycles. The van der Waals surface area contributed by atoms with Gasteiger partial charge in [0.15, 0.2) is 6.61 Å². The van der Waals surface area contributed by atoms with Crippen LogP contribution in [0.15, 0.2) is 42.6 Å². The maximum Gasteiger partial charge on any atom is 0.422 e. The van der Waals surface area contributed by atoms with Crippen molar-refractivity contribution in [2.45, 2.75) is 12.4 Å². The lowest BCUT2D eigenvalue weighted by Crippen LogP contribution is -2.19. The van der Waals surface area contributed by atoms with E-state index in [-0.39, 0.29) is 17.1 Å². The van der Waals surface area contributed by atoms with Gasteiger partial charge in [0.1, 0.15) is 0 Å². The number of alkyl halides is 6. The van der Waals surface area contributed by atoms with Crippen LogP contribution in [0, 0.1) is 0 Å². The minimum absolute atomic E-state index is 0.000688. The van der Waals surface area contributed by atoms with Gasteiger partial charge in [-0.1, -0.05) is 0 Å². The molecule has 134 valence electrons. The molecular weight excluding hydrogens is 354 g/mol. The molecule has 1 aromatic heterocycles. The lowest BCUT2D eigenvalue weighted by atomic mass is 10.2. The van der Waals surface area contributed by atoms with Crippen molar-refractivity contribution >= 4 is 11.6 Å². The first-order valence-electron chi connectivity index (χ1n) is 6.69. The molecule has 2 aromatic rings. The molecule has 2 rings (SSSR count). The fraction of sp³-hybridized carbons (Fsp3) is 0.200. The third kappa shape index (κ3) is 5.66. The zero-order chi connectivity index (χ0) is 18.7. The van der Waals surface area contributed by atoms with E-state index in [1.54, 1.807) is 0 Å². The number of aromatic nitrogens is 1. The van der Waals surface area contributed by atoms with Gasteiger partial charge in [-0.15, -0.1) is 0 Å². The van der Waals surface area contributed by atoms with Crippen molar-refractivity contribution in [3.63, 3.8) is 0 Å². The van der Waals surface area contributed by atoms with E-state index in [2.05, 4.69) is 15.0 Å². The first-order valence-corrected chi connectivity index (χ1v) is 6.69. The molecule has 0 saturated carbocycles. The van der Waals surface area contributed by atoms with E-state index in [0.717, 1.165) is 36.5 Å². The molecule has 0 aliphatic carbocycles. The number of carbonyl (C=O) groups excluding carboxylic acids is 1. The standard InChI is InChI=1S/C15H10F6N2O2/c16-14(17,18)8-25-12-6-1-9(7-22-12)13(24)23-11-4-2-10(3-5-11)15(19,20)21/h1-7H,8H2,(H,23,24). The number of hydrogen-bond acceptors (Lipinski definition) is 3. The van der Waals surface area contributed by atoms with Crippen LogP contribution < -0.4 is 10.1 Å². The monoisotopic (exact) mass is 364 g/mol. The molecule has 1 heterocycles. The molecule has 1 N–H and O–H groups in total. The molecule has 4 nitrogen and oxygen atoms in total. The predicted molar refractivity (Wildman–Crippen MR) is 75.2 cm³/mol. The Morgan fingerprint density at radius 1 is 1.00 bits per heavy atom. The molecule has 0 saturated heterocycles. The lowest BCUT2D eigenvalue weighted by molar-refractivity contribution is -0.154. The van der Waals surface area contributed by atoms with E-state index < -0.39 is 30.4 Å². The zero-order valence-corrected chi connectivity index (χ0v) is 12.3. The van der Waals surface area contributed by atoms with Gasteiger partial charge in [0.2, 0.25) is 5.88 Å². The summed E-state index contributed by atoms with van der Waals surface area (Å²) in [5.41, 5.74) is -0.743. The molecule has 0 aliphatic rings. The van der Waals surface area contributed by atoms with Gasteiger partial charge in [-0.3, -0.25) is 4.79 Å². The Morgan fingerprint density at radius 3 is 2.12 bits per heavy atom. The molecule has 0 spiro atoms. The van der Waals surface area contributed by atoms with Gasteiger partial charge in [-0.05, 0) is 30.3 Å². The van der Waals surface area contributed by atoms with Gasteiger partial charge >= 0.3 is 12.4 Å². The summed E-state index contributed by atoms with van der Waals surface area (Å²) in [5, 5.41) is 2.35. The van der Waals surface area contributed by atoms with Gasteiger partial charge in [0.25, 0.3) is 5.91 Å². The second-order valence-electron chi connectivity index (χ2n) is 4.82. The number of pyridine rings is 1. The van der Waals surface area contributed by atoms with Crippen molar-refractivity contribution in [1.29, 1.82) is 0 Å². The van der Waals surface area contributed by atoms with Gasteiger partial charge in [-0.25, -0.2) is 4.98 Å². The third-order valence-electron chi connectivity index (χ3n) is 2.85. The highest BCUT2D eigenvalue weighted by Crippen LogP contribution is 2.29. The molecule has 0 bridgehead atoms. The minimum atomic E-state index is -4.51. The van der Waals surface area contributed by atoms with E-state index in [4.69, 9.17) is 0 Å². The van der Waals surface area contributed by atoms with Crippen molar-refractivity contribution in [1.82, 2.24) is 4.98 Å². The number of ether oxygens (including phenoxy) is 1. The summed E-state index contributed by atoms with van der Waals surface area (Å²) >= 11 is 0. The van der Waals surface area contributed by atoms with Crippen LogP contribution in [0.5, 0.6) is 5.88 Å². The van der Waals surface area contributed by atoms with E-state index in [0.29, 0.717) is 0 Å². The van der Waals surface area contributed by atoms with Crippen molar-refractivity contribution in [2.24, 2.45) is 0 Å². The molecule has 0 fully saturated rings. The summed E-state index contributed by atoms with van der Waals surface area (Å²) < 4.78 is 77.7. The number of benzene rings is 1. The average molecular weight is 364 g/mol. The quantitative estimate of drug-likeness (QED) is 0.824. The number of halogens is 6. The van der Waals surface area contributed by atoms with E-state index in [1.807, 2.05) is 0 Å². The Balaban J connectivity index is 1.99. The fourth-order valence-electron chi connectivity index (χ4n) is 1.70. The average Bonchev–Trinajstić information content (AvgIpc) is 2.52. The Labute approximate surface area is 137 Å². The summed E-state index contributed by atoms with van der Waals surface area (Å²) in [4.78, 5) is 15.5. The highest BCUT2D eigenvalue weighted by molar-refractivity contribution is 6.04. The highest BCUT2D eigenvalue weighted by Gasteiger charge is 2.30. The van der Waals surface area contributed by atoms with Crippen LogP contribution in [0.4, 0.5) is 32.0 Å². The predicted octanol–water partition coefficient (Wildman–Crippen LogP) is 4.29. The number of anilines is 1. The summed E-state index contributed by atoms with van der Waals surface area (Å²) in [6, 6.07) is 6.03. The van der Waals surface area contributed by atoms with Gasteiger partial charge in [0.05, 0.1) is 11.1 Å². The second-order valence-corrected chi connectivity index (χ2v) is 4.82. The number of carbonyl (C=O) groups is 1. The smallest absolute Gasteiger partial charge is 0.422 e. The first kappa shape index (κ1) is 18.6. The molecular formula is C15H10F6N2O2. The topological polar surface area (TPSA) is 51.2 Å². The molecule has 1 amide bonds. The maximum atomic E-state index is 12.4. The molecule has 0 radical (unpaired) electrons. The van der Waals surface area contributed by atoms with Crippen LogP contribution in [0.1, 0.15) is 15.9 Å². The number of hydrogen-bond donors (Lipinski definition) is 1. The molecule has 0 atom stereocenters. The second kappa shape index (κ2) is 6.99. The van der Waals surface area contributed by atoms with Gasteiger partial charge in [-0.2, -0.15) is 26.3 Å². The first-order chi connectivity index (χ1) is 11.5. The summed E-state index contributed by atoms with van der Waals surface area (Å²) in [7, 11) is 0. The number of nitrogens with zero attached hydrogens (tertiary/aromatic N) is 1. The molecule has 10 heteroatoms. The van der Waals surface area contributed by atoms with Crippen LogP contribution in [0.3, 0.4) is 0 Å². The van der Waals surface area contributed by atoms with Crippen molar-refractivity contribution < 1.29 is 35.9 Å². The number of rotatable bonds is 4. The normalized spacial score (nSPS) is 11.9. The minimum Gasteiger partial charge on any atom is -0.468 e. The number of nitrogens with one attached hydrogen (secondary N) is 1. The SMILES string of the molecule is O=C(Nc1ccc(C(F)(F)F)cc1)c1ccc(OCC(F)(F)F)nc1. The molecule has 25 heavy (non-hydrogen) atoms. The fourth-order valence-corrected chi connectivity index (χ4v) is 1.70.